The Kier molecular flexibility index (Phi) is 4.99. The number of nitrogens with zero attached hydrogens (tertiary/aromatic N) is 2. The van der Waals surface area contributed by atoms with Gasteiger partial charge in [0.05, 0.1) is 12.8 Å². The van der Waals surface area contributed by atoms with Gasteiger partial charge in [-0.05, 0) is 62.6 Å². The average molecular weight is 362 g/mol. The van der Waals surface area contributed by atoms with E-state index in [0.717, 1.165) is 30.1 Å². The van der Waals surface area contributed by atoms with Gasteiger partial charge in [-0.15, -0.1) is 0 Å². The molecule has 0 aliphatic carbocycles. The highest BCUT2D eigenvalue weighted by Crippen LogP contribution is 2.34. The van der Waals surface area contributed by atoms with Crippen LogP contribution in [0.5, 0.6) is 5.75 Å². The highest BCUT2D eigenvalue weighted by atomic mass is 16.5. The predicted molar refractivity (Wildman–Crippen MR) is 107 cm³/mol. The zero-order valence-electron chi connectivity index (χ0n) is 16.2. The average Bonchev–Trinajstić information content (AvgIpc) is 3.32. The lowest BCUT2D eigenvalue weighted by atomic mass is 10.0. The number of oxazole rings is 1. The van der Waals surface area contributed by atoms with E-state index in [1.54, 1.807) is 13.4 Å². The summed E-state index contributed by atoms with van der Waals surface area (Å²) in [5, 5.41) is 0. The molecule has 1 saturated heterocycles. The van der Waals surface area contributed by atoms with Crippen molar-refractivity contribution in [3.05, 3.63) is 71.1 Å². The molecule has 1 aliphatic heterocycles. The van der Waals surface area contributed by atoms with Crippen LogP contribution in [0.4, 0.5) is 0 Å². The summed E-state index contributed by atoms with van der Waals surface area (Å²) in [5.74, 6) is 1.61. The van der Waals surface area contributed by atoms with Gasteiger partial charge in [0.15, 0.2) is 0 Å². The van der Waals surface area contributed by atoms with Gasteiger partial charge in [-0.2, -0.15) is 0 Å². The molecule has 1 fully saturated rings. The summed E-state index contributed by atoms with van der Waals surface area (Å²) in [7, 11) is 1.70. The Labute approximate surface area is 160 Å². The minimum atomic E-state index is 0.428. The van der Waals surface area contributed by atoms with Crippen LogP contribution in [0.1, 0.15) is 41.3 Å². The maximum absolute atomic E-state index is 5.80. The summed E-state index contributed by atoms with van der Waals surface area (Å²) >= 11 is 0. The van der Waals surface area contributed by atoms with Gasteiger partial charge in [-0.25, -0.2) is 4.98 Å². The molecule has 4 heteroatoms. The van der Waals surface area contributed by atoms with Crippen LogP contribution in [0, 0.1) is 13.8 Å². The second-order valence-electron chi connectivity index (χ2n) is 7.36. The lowest BCUT2D eigenvalue weighted by molar-refractivity contribution is 0.245. The Bertz CT molecular complexity index is 914. The van der Waals surface area contributed by atoms with Crippen molar-refractivity contribution in [2.75, 3.05) is 13.7 Å². The largest absolute Gasteiger partial charge is 0.497 e. The summed E-state index contributed by atoms with van der Waals surface area (Å²) in [6.07, 6.45) is 4.19. The third-order valence-corrected chi connectivity index (χ3v) is 5.39. The molecular weight excluding hydrogens is 336 g/mol. The molecule has 1 aliphatic rings. The molecule has 0 bridgehead atoms. The van der Waals surface area contributed by atoms with Crippen LogP contribution in [0.15, 0.2) is 53.1 Å². The lowest BCUT2D eigenvalue weighted by Crippen LogP contribution is -2.22. The first-order valence-electron chi connectivity index (χ1n) is 9.54. The Morgan fingerprint density at radius 3 is 2.70 bits per heavy atom. The number of rotatable bonds is 5. The molecule has 2 heterocycles. The fourth-order valence-corrected chi connectivity index (χ4v) is 3.98. The second kappa shape index (κ2) is 7.57. The van der Waals surface area contributed by atoms with E-state index < -0.39 is 0 Å². The van der Waals surface area contributed by atoms with E-state index in [1.165, 1.54) is 29.5 Å². The first-order chi connectivity index (χ1) is 13.1. The molecule has 1 atom stereocenters. The first kappa shape index (κ1) is 17.8. The fraction of sp³-hybridized carbons (Fsp3) is 0.348. The van der Waals surface area contributed by atoms with Crippen LogP contribution in [0.25, 0.3) is 11.5 Å². The highest BCUT2D eigenvalue weighted by molar-refractivity contribution is 5.59. The van der Waals surface area contributed by atoms with Gasteiger partial charge in [0.1, 0.15) is 12.0 Å². The molecule has 4 nitrogen and oxygen atoms in total. The van der Waals surface area contributed by atoms with Crippen molar-refractivity contribution in [1.82, 2.24) is 9.88 Å². The molecule has 1 aromatic heterocycles. The van der Waals surface area contributed by atoms with Crippen molar-refractivity contribution < 1.29 is 9.15 Å². The minimum absolute atomic E-state index is 0.428. The van der Waals surface area contributed by atoms with Gasteiger partial charge in [0.2, 0.25) is 5.89 Å². The van der Waals surface area contributed by atoms with Gasteiger partial charge in [-0.1, -0.05) is 29.8 Å². The molecule has 1 unspecified atom stereocenters. The van der Waals surface area contributed by atoms with E-state index in [9.17, 15) is 0 Å². The van der Waals surface area contributed by atoms with E-state index in [0.29, 0.717) is 11.9 Å². The number of hydrogen-bond acceptors (Lipinski definition) is 4. The molecule has 2 aromatic carbocycles. The Balaban J connectivity index is 1.50. The summed E-state index contributed by atoms with van der Waals surface area (Å²) in [6.45, 7) is 6.10. The molecule has 0 spiro atoms. The molecule has 140 valence electrons. The first-order valence-corrected chi connectivity index (χ1v) is 9.54. The number of methoxy groups -OCH3 is 1. The minimum Gasteiger partial charge on any atom is -0.497 e. The standard InChI is InChI=1S/C23H26N2O2/c1-16-6-11-21(17(2)13-16)23-24-19(15-27-23)14-25-12-4-5-22(25)18-7-9-20(26-3)10-8-18/h6-11,13,15,22H,4-5,12,14H2,1-3H3. The Morgan fingerprint density at radius 2 is 1.96 bits per heavy atom. The van der Waals surface area contributed by atoms with Crippen LogP contribution >= 0.6 is 0 Å². The molecular formula is C23H26N2O2. The lowest BCUT2D eigenvalue weighted by Gasteiger charge is -2.24. The molecule has 0 radical (unpaired) electrons. The molecule has 0 amide bonds. The van der Waals surface area contributed by atoms with Crippen molar-refractivity contribution in [1.29, 1.82) is 0 Å². The maximum Gasteiger partial charge on any atom is 0.226 e. The van der Waals surface area contributed by atoms with Crippen LogP contribution in [0.2, 0.25) is 0 Å². The highest BCUT2D eigenvalue weighted by Gasteiger charge is 2.27. The number of aryl methyl sites for hydroxylation is 2. The van der Waals surface area contributed by atoms with Gasteiger partial charge < -0.3 is 9.15 Å². The molecule has 0 saturated carbocycles. The van der Waals surface area contributed by atoms with Crippen molar-refractivity contribution >= 4 is 0 Å². The van der Waals surface area contributed by atoms with E-state index in [1.807, 2.05) is 12.1 Å². The summed E-state index contributed by atoms with van der Waals surface area (Å²) in [4.78, 5) is 7.25. The molecule has 3 aromatic rings. The maximum atomic E-state index is 5.80. The van der Waals surface area contributed by atoms with Crippen molar-refractivity contribution in [2.45, 2.75) is 39.3 Å². The molecule has 27 heavy (non-hydrogen) atoms. The van der Waals surface area contributed by atoms with Crippen LogP contribution < -0.4 is 4.74 Å². The molecule has 4 rings (SSSR count). The number of ether oxygens (including phenoxy) is 1. The number of benzene rings is 2. The predicted octanol–water partition coefficient (Wildman–Crippen LogP) is 5.30. The summed E-state index contributed by atoms with van der Waals surface area (Å²) < 4.78 is 11.1. The topological polar surface area (TPSA) is 38.5 Å². The van der Waals surface area contributed by atoms with Crippen LogP contribution in [-0.2, 0) is 6.54 Å². The SMILES string of the molecule is COc1ccc(C2CCCN2Cc2coc(-c3ccc(C)cc3C)n2)cc1. The van der Waals surface area contributed by atoms with Crippen LogP contribution in [0.3, 0.4) is 0 Å². The Morgan fingerprint density at radius 1 is 1.15 bits per heavy atom. The fourth-order valence-electron chi connectivity index (χ4n) is 3.98. The molecule has 0 N–H and O–H groups in total. The van der Waals surface area contributed by atoms with Gasteiger partial charge in [0, 0.05) is 18.2 Å². The zero-order chi connectivity index (χ0) is 18.8. The quantitative estimate of drug-likeness (QED) is 0.617. The summed E-state index contributed by atoms with van der Waals surface area (Å²) in [5.41, 5.74) is 5.85. The zero-order valence-corrected chi connectivity index (χ0v) is 16.2. The normalized spacial score (nSPS) is 17.4. The smallest absolute Gasteiger partial charge is 0.226 e. The second-order valence-corrected chi connectivity index (χ2v) is 7.36. The Hall–Kier alpha value is -2.59. The number of hydrogen-bond donors (Lipinski definition) is 0. The number of aromatic nitrogens is 1. The van der Waals surface area contributed by atoms with Crippen molar-refractivity contribution in [3.8, 4) is 17.2 Å². The van der Waals surface area contributed by atoms with E-state index in [-0.39, 0.29) is 0 Å². The third kappa shape index (κ3) is 3.76. The van der Waals surface area contributed by atoms with Crippen molar-refractivity contribution in [3.63, 3.8) is 0 Å². The van der Waals surface area contributed by atoms with Crippen molar-refractivity contribution in [2.24, 2.45) is 0 Å². The van der Waals surface area contributed by atoms with Gasteiger partial charge >= 0.3 is 0 Å². The third-order valence-electron chi connectivity index (χ3n) is 5.39. The monoisotopic (exact) mass is 362 g/mol. The number of likely N-dealkylation sites (tertiary alicyclic amines) is 1. The van der Waals surface area contributed by atoms with E-state index in [2.05, 4.69) is 49.1 Å². The van der Waals surface area contributed by atoms with Gasteiger partial charge in [0.25, 0.3) is 0 Å². The summed E-state index contributed by atoms with van der Waals surface area (Å²) in [6, 6.07) is 15.2. The van der Waals surface area contributed by atoms with E-state index >= 15 is 0 Å². The van der Waals surface area contributed by atoms with Gasteiger partial charge in [-0.3, -0.25) is 4.90 Å². The van der Waals surface area contributed by atoms with E-state index in [4.69, 9.17) is 14.1 Å². The van der Waals surface area contributed by atoms with Crippen LogP contribution in [-0.4, -0.2) is 23.5 Å².